The fourth-order valence-electron chi connectivity index (χ4n) is 9.33. The number of aromatic nitrogens is 3. The Labute approximate surface area is 390 Å². The predicted molar refractivity (Wildman–Crippen MR) is 261 cm³/mol. The van der Waals surface area contributed by atoms with Gasteiger partial charge in [0.15, 0.2) is 0 Å². The van der Waals surface area contributed by atoms with Gasteiger partial charge >= 0.3 is 349 Å². The Morgan fingerprint density at radius 1 is 0.625 bits per heavy atom. The Bertz CT molecular complexity index is 3060. The Morgan fingerprint density at radius 2 is 1.20 bits per heavy atom. The predicted octanol–water partition coefficient (Wildman–Crippen LogP) is 15.0. The van der Waals surface area contributed by atoms with Crippen LogP contribution in [0.3, 0.4) is 0 Å². The van der Waals surface area contributed by atoms with Gasteiger partial charge in [-0.1, -0.05) is 20.8 Å². The summed E-state index contributed by atoms with van der Waals surface area (Å²) in [5.74, 6) is 2.22. The van der Waals surface area contributed by atoms with E-state index in [9.17, 15) is 0 Å². The molecular formula is C58H58N4OPt-2. The van der Waals surface area contributed by atoms with Gasteiger partial charge in [-0.25, -0.2) is 0 Å². The number of anilines is 2. The number of rotatable bonds is 7. The number of hydrogen-bond donors (Lipinski definition) is 0. The molecule has 0 atom stereocenters. The Morgan fingerprint density at radius 3 is 1.80 bits per heavy atom. The molecule has 0 saturated carbocycles. The fraction of sp³-hybridized carbons (Fsp3) is 0.276. The van der Waals surface area contributed by atoms with E-state index >= 15 is 0 Å². The SMILES string of the molecule is Cc1c(C)c(-c2ccccc2)c(-n2[c](=[Pt])n(-c3[c-]c(Oc4[c-]c5c(cc4)CCC(C)(C)N5c4cc(C(C)(C)C)ccn4)cc(C(C)(C)C)c3)c3ccccc32)c(-c2ccccc2)c1C. The number of nitrogens with zero attached hydrogens (tertiary/aromatic N) is 4. The van der Waals surface area contributed by atoms with Gasteiger partial charge < -0.3 is 0 Å². The van der Waals surface area contributed by atoms with Crippen LogP contribution in [0.4, 0.5) is 11.5 Å². The summed E-state index contributed by atoms with van der Waals surface area (Å²) < 4.78 is 12.8. The van der Waals surface area contributed by atoms with Crippen LogP contribution in [0, 0.1) is 36.7 Å². The van der Waals surface area contributed by atoms with Crippen LogP contribution >= 0.6 is 0 Å². The first-order valence-corrected chi connectivity index (χ1v) is 23.6. The Hall–Kier alpha value is -5.77. The van der Waals surface area contributed by atoms with E-state index in [0.29, 0.717) is 11.5 Å². The normalized spacial score (nSPS) is 13.9. The summed E-state index contributed by atoms with van der Waals surface area (Å²) in [6.07, 6.45) is 3.91. The molecule has 0 unspecified atom stereocenters. The number of aryl methyl sites for hydroxylation is 1. The van der Waals surface area contributed by atoms with Gasteiger partial charge in [-0.2, -0.15) is 0 Å². The molecule has 2 aromatic heterocycles. The van der Waals surface area contributed by atoms with Crippen LogP contribution in [0.1, 0.15) is 95.2 Å². The van der Waals surface area contributed by atoms with Crippen molar-refractivity contribution in [1.82, 2.24) is 14.1 Å². The van der Waals surface area contributed by atoms with Crippen molar-refractivity contribution >= 4 is 22.5 Å². The second kappa shape index (κ2) is 16.3. The van der Waals surface area contributed by atoms with Crippen LogP contribution in [0.2, 0.25) is 0 Å². The first-order valence-electron chi connectivity index (χ1n) is 22.4. The number of para-hydroxylation sites is 2. The van der Waals surface area contributed by atoms with Gasteiger partial charge in [0.2, 0.25) is 0 Å². The van der Waals surface area contributed by atoms with E-state index in [0.717, 1.165) is 50.4 Å². The summed E-state index contributed by atoms with van der Waals surface area (Å²) in [6, 6.07) is 51.1. The van der Waals surface area contributed by atoms with Gasteiger partial charge in [0.05, 0.1) is 0 Å². The van der Waals surface area contributed by atoms with Crippen LogP contribution in [-0.2, 0) is 36.6 Å². The third-order valence-corrected chi connectivity index (χ3v) is 14.2. The zero-order valence-electron chi connectivity index (χ0n) is 39.1. The Balaban J connectivity index is 1.24. The maximum absolute atomic E-state index is 6.93. The molecule has 328 valence electrons. The van der Waals surface area contributed by atoms with Gasteiger partial charge in [0.25, 0.3) is 0 Å². The van der Waals surface area contributed by atoms with Crippen molar-refractivity contribution in [3.05, 3.63) is 177 Å². The first kappa shape index (κ1) is 43.5. The average Bonchev–Trinajstić information content (AvgIpc) is 3.56. The summed E-state index contributed by atoms with van der Waals surface area (Å²) >= 11 is 2.54. The van der Waals surface area contributed by atoms with Crippen LogP contribution in [0.5, 0.6) is 11.5 Å². The molecule has 6 heteroatoms. The van der Waals surface area contributed by atoms with E-state index in [-0.39, 0.29) is 16.4 Å². The zero-order valence-corrected chi connectivity index (χ0v) is 41.3. The molecule has 6 aromatic carbocycles. The molecule has 3 heterocycles. The molecule has 5 nitrogen and oxygen atoms in total. The molecule has 0 N–H and O–H groups in total. The monoisotopic (exact) mass is 1020 g/mol. The summed E-state index contributed by atoms with van der Waals surface area (Å²) in [5.41, 5.74) is 17.3. The minimum atomic E-state index is -0.178. The van der Waals surface area contributed by atoms with Gasteiger partial charge in [-0.3, -0.25) is 0 Å². The van der Waals surface area contributed by atoms with Crippen LogP contribution in [0.15, 0.2) is 128 Å². The first-order chi connectivity index (χ1) is 30.4. The summed E-state index contributed by atoms with van der Waals surface area (Å²) in [7, 11) is 0. The third-order valence-electron chi connectivity index (χ3n) is 13.2. The van der Waals surface area contributed by atoms with Crippen molar-refractivity contribution in [1.29, 1.82) is 0 Å². The maximum atomic E-state index is 6.93. The average molecular weight is 1020 g/mol. The molecule has 8 aromatic rings. The molecule has 1 aliphatic rings. The van der Waals surface area contributed by atoms with Crippen LogP contribution in [-0.4, -0.2) is 19.7 Å². The molecule has 0 saturated heterocycles. The molecular weight excluding hydrogens is 964 g/mol. The van der Waals surface area contributed by atoms with Crippen molar-refractivity contribution in [3.8, 4) is 45.1 Å². The van der Waals surface area contributed by atoms with E-state index in [1.54, 1.807) is 0 Å². The number of fused-ring (bicyclic) bond motifs is 2. The number of imidazole rings is 1. The summed E-state index contributed by atoms with van der Waals surface area (Å²) in [4.78, 5) is 7.30. The number of hydrogen-bond acceptors (Lipinski definition) is 3. The van der Waals surface area contributed by atoms with Crippen LogP contribution < -0.4 is 9.64 Å². The van der Waals surface area contributed by atoms with Crippen LogP contribution in [0.25, 0.3) is 44.7 Å². The number of pyridine rings is 1. The van der Waals surface area contributed by atoms with Crippen molar-refractivity contribution < 1.29 is 24.1 Å². The molecule has 0 aliphatic carbocycles. The molecule has 0 spiro atoms. The van der Waals surface area contributed by atoms with Crippen molar-refractivity contribution in [2.24, 2.45) is 0 Å². The second-order valence-corrected chi connectivity index (χ2v) is 21.1. The number of ether oxygens (including phenoxy) is 1. The van der Waals surface area contributed by atoms with E-state index < -0.39 is 0 Å². The third kappa shape index (κ3) is 7.81. The second-order valence-electron chi connectivity index (χ2n) is 20.1. The molecule has 0 radical (unpaired) electrons. The standard InChI is InChI=1S/C58H58N4O.Pt/c1-38-39(2)53(42-20-14-12-15-21-42)55(54(40(38)3)43-22-16-13-17-23-43)61-37-60(49-24-18-19-25-50(49)61)46-32-45(57(7,8)9)33-48(35-46)63-47-27-26-41-28-30-58(10,11)62(51(41)36-47)52-34-44(29-31-59-52)56(4,5)6;/h12-27,29,31-34H,28,30H2,1-11H3;/q-2;. The summed E-state index contributed by atoms with van der Waals surface area (Å²) in [5, 5.41) is 0. The zero-order chi connectivity index (χ0) is 45.3. The van der Waals surface area contributed by atoms with E-state index in [1.165, 1.54) is 55.8 Å². The topological polar surface area (TPSA) is 35.2 Å². The summed E-state index contributed by atoms with van der Waals surface area (Å²) in [6.45, 7) is 24.9. The van der Waals surface area contributed by atoms with Gasteiger partial charge in [0.1, 0.15) is 0 Å². The minimum absolute atomic E-state index is 0.00467. The van der Waals surface area contributed by atoms with E-state index in [2.05, 4.69) is 243 Å². The van der Waals surface area contributed by atoms with E-state index in [1.807, 2.05) is 6.20 Å². The van der Waals surface area contributed by atoms with Gasteiger partial charge in [-0.15, -0.1) is 0 Å². The van der Waals surface area contributed by atoms with Gasteiger partial charge in [0, 0.05) is 6.20 Å². The molecule has 64 heavy (non-hydrogen) atoms. The quantitative estimate of drug-likeness (QED) is 0.149. The van der Waals surface area contributed by atoms with Crippen molar-refractivity contribution in [2.45, 2.75) is 105 Å². The van der Waals surface area contributed by atoms with Crippen molar-refractivity contribution in [2.75, 3.05) is 4.90 Å². The fourth-order valence-corrected chi connectivity index (χ4v) is 10.4. The van der Waals surface area contributed by atoms with Crippen molar-refractivity contribution in [3.63, 3.8) is 0 Å². The molecule has 1 aliphatic heterocycles. The molecule has 9 rings (SSSR count). The Kier molecular flexibility index (Phi) is 11.1. The molecule has 0 bridgehead atoms. The molecule has 0 amide bonds. The number of benzene rings is 6. The molecule has 0 fully saturated rings. The van der Waals surface area contributed by atoms with Gasteiger partial charge in [-0.05, 0) is 17.0 Å². The van der Waals surface area contributed by atoms with E-state index in [4.69, 9.17) is 9.72 Å².